The third kappa shape index (κ3) is 5.44. The maximum Gasteiger partial charge on any atom is 0.417 e. The number of anilines is 1. The molecule has 1 aromatic heterocycles. The lowest BCUT2D eigenvalue weighted by atomic mass is 9.95. The number of hydrogen-bond donors (Lipinski definition) is 1. The van der Waals surface area contributed by atoms with Crippen molar-refractivity contribution < 1.29 is 45.0 Å². The van der Waals surface area contributed by atoms with Crippen LogP contribution in [0, 0.1) is 17.6 Å². The summed E-state index contributed by atoms with van der Waals surface area (Å²) in [5, 5.41) is 9.24. The summed E-state index contributed by atoms with van der Waals surface area (Å²) in [5.74, 6) is -3.81. The van der Waals surface area contributed by atoms with Gasteiger partial charge in [-0.25, -0.2) is 22.2 Å². The zero-order chi connectivity index (χ0) is 30.8. The number of ether oxygens (including phenoxy) is 1. The molecule has 2 atom stereocenters. The minimum Gasteiger partial charge on any atom is -0.481 e. The monoisotopic (exact) mass is 621 g/mol. The molecule has 2 unspecified atom stereocenters. The number of benzene rings is 2. The summed E-state index contributed by atoms with van der Waals surface area (Å²) >= 11 is 0. The van der Waals surface area contributed by atoms with Crippen LogP contribution >= 0.6 is 0 Å². The number of fused-ring (bicyclic) bond motifs is 3. The first-order valence-corrected chi connectivity index (χ1v) is 15.0. The zero-order valence-electron chi connectivity index (χ0n) is 22.5. The van der Waals surface area contributed by atoms with Gasteiger partial charge in [0.1, 0.15) is 18.2 Å². The second-order valence-corrected chi connectivity index (χ2v) is 12.7. The predicted octanol–water partition coefficient (Wildman–Crippen LogP) is 4.90. The molecule has 0 radical (unpaired) electrons. The van der Waals surface area contributed by atoms with Crippen LogP contribution in [0.25, 0.3) is 17.2 Å². The molecule has 6 rings (SSSR count). The number of rotatable bonds is 7. The Morgan fingerprint density at radius 3 is 2.40 bits per heavy atom. The molecule has 2 aliphatic carbocycles. The van der Waals surface area contributed by atoms with Crippen LogP contribution < -0.4 is 9.64 Å². The first-order valence-electron chi connectivity index (χ1n) is 13.2. The van der Waals surface area contributed by atoms with E-state index in [1.807, 2.05) is 0 Å². The van der Waals surface area contributed by atoms with E-state index in [9.17, 15) is 35.9 Å². The SMILES string of the molecule is CS(=O)(=O)N1CCN(c2ccc(-c3cc(COc4cc5c(cn4)C4C(=C5)C4C(=O)O)c(F)cc3C(F)(F)F)c(F)c2)CC1. The molecule has 1 N–H and O–H groups in total. The number of carbonyl (C=O) groups is 1. The van der Waals surface area contributed by atoms with E-state index >= 15 is 4.39 Å². The number of piperazine rings is 1. The molecule has 3 aromatic rings. The second-order valence-electron chi connectivity index (χ2n) is 10.7. The van der Waals surface area contributed by atoms with Crippen molar-refractivity contribution in [1.29, 1.82) is 0 Å². The number of alkyl halides is 3. The molecule has 3 aliphatic rings. The van der Waals surface area contributed by atoms with E-state index in [-0.39, 0.29) is 49.1 Å². The third-order valence-corrected chi connectivity index (χ3v) is 9.30. The number of sulfonamides is 1. The summed E-state index contributed by atoms with van der Waals surface area (Å²) in [7, 11) is -3.38. The summed E-state index contributed by atoms with van der Waals surface area (Å²) in [6.45, 7) is 0.410. The van der Waals surface area contributed by atoms with Crippen LogP contribution in [-0.2, 0) is 27.6 Å². The number of pyridine rings is 1. The summed E-state index contributed by atoms with van der Waals surface area (Å²) in [6.07, 6.45) is -0.694. The highest BCUT2D eigenvalue weighted by Gasteiger charge is 2.54. The van der Waals surface area contributed by atoms with E-state index in [2.05, 4.69) is 4.98 Å². The molecule has 14 heteroatoms. The van der Waals surface area contributed by atoms with Gasteiger partial charge in [-0.1, -0.05) is 6.08 Å². The van der Waals surface area contributed by atoms with Crippen LogP contribution in [0.3, 0.4) is 0 Å². The van der Waals surface area contributed by atoms with E-state index in [0.29, 0.717) is 17.3 Å². The lowest BCUT2D eigenvalue weighted by Crippen LogP contribution is -2.48. The molecule has 8 nitrogen and oxygen atoms in total. The number of hydrogen-bond acceptors (Lipinski definition) is 6. The fraction of sp³-hybridized carbons (Fsp3) is 0.310. The summed E-state index contributed by atoms with van der Waals surface area (Å²) in [5.41, 5.74) is 0.00791. The number of halogens is 5. The van der Waals surface area contributed by atoms with Crippen molar-refractivity contribution >= 4 is 27.8 Å². The first kappa shape index (κ1) is 29.1. The Hall–Kier alpha value is -4.04. The van der Waals surface area contributed by atoms with Crippen LogP contribution in [0.5, 0.6) is 5.88 Å². The first-order chi connectivity index (χ1) is 20.2. The molecule has 1 saturated carbocycles. The molecule has 1 saturated heterocycles. The summed E-state index contributed by atoms with van der Waals surface area (Å²) < 4.78 is 102. The Morgan fingerprint density at radius 2 is 1.77 bits per heavy atom. The number of nitrogens with zero attached hydrogens (tertiary/aromatic N) is 3. The Balaban J connectivity index is 1.24. The molecule has 1 aliphatic heterocycles. The maximum atomic E-state index is 15.4. The topological polar surface area (TPSA) is 100 Å². The van der Waals surface area contributed by atoms with Crippen LogP contribution in [0.15, 0.2) is 48.2 Å². The molecule has 2 aromatic carbocycles. The summed E-state index contributed by atoms with van der Waals surface area (Å²) in [6, 6.07) is 6.47. The van der Waals surface area contributed by atoms with E-state index < -0.39 is 57.5 Å². The molecule has 226 valence electrons. The maximum absolute atomic E-state index is 15.4. The van der Waals surface area contributed by atoms with Gasteiger partial charge in [0.15, 0.2) is 0 Å². The van der Waals surface area contributed by atoms with Crippen LogP contribution in [0.4, 0.5) is 27.6 Å². The van der Waals surface area contributed by atoms with Crippen LogP contribution in [0.1, 0.15) is 28.2 Å². The quantitative estimate of drug-likeness (QED) is 0.375. The smallest absolute Gasteiger partial charge is 0.417 e. The minimum absolute atomic E-state index is 0.0659. The van der Waals surface area contributed by atoms with Gasteiger partial charge in [0.05, 0.1) is 17.7 Å². The van der Waals surface area contributed by atoms with Crippen LogP contribution in [-0.4, -0.2) is 61.2 Å². The lowest BCUT2D eigenvalue weighted by molar-refractivity contribution is -0.138. The van der Waals surface area contributed by atoms with Crippen molar-refractivity contribution in [3.63, 3.8) is 0 Å². The molecular weight excluding hydrogens is 597 g/mol. The largest absolute Gasteiger partial charge is 0.481 e. The minimum atomic E-state index is -4.98. The van der Waals surface area contributed by atoms with Crippen molar-refractivity contribution in [2.45, 2.75) is 18.7 Å². The van der Waals surface area contributed by atoms with Crippen LogP contribution in [0.2, 0.25) is 0 Å². The zero-order valence-corrected chi connectivity index (χ0v) is 23.3. The van der Waals surface area contributed by atoms with Gasteiger partial charge in [-0.15, -0.1) is 0 Å². The van der Waals surface area contributed by atoms with Gasteiger partial charge in [0, 0.05) is 61.2 Å². The summed E-state index contributed by atoms with van der Waals surface area (Å²) in [4.78, 5) is 17.1. The van der Waals surface area contributed by atoms with Crippen molar-refractivity contribution in [1.82, 2.24) is 9.29 Å². The molecule has 2 fully saturated rings. The number of carboxylic acid groups (broad SMARTS) is 1. The Kier molecular flexibility index (Phi) is 6.96. The number of carboxylic acids is 1. The van der Waals surface area contributed by atoms with E-state index in [4.69, 9.17) is 4.74 Å². The normalized spacial score (nSPS) is 20.0. The highest BCUT2D eigenvalue weighted by atomic mass is 32.2. The molecule has 0 spiro atoms. The van der Waals surface area contributed by atoms with Crippen molar-refractivity contribution in [2.24, 2.45) is 5.92 Å². The third-order valence-electron chi connectivity index (χ3n) is 7.99. The number of aliphatic carboxylic acids is 1. The van der Waals surface area contributed by atoms with Crippen molar-refractivity contribution in [2.75, 3.05) is 37.3 Å². The van der Waals surface area contributed by atoms with Crippen molar-refractivity contribution in [3.05, 3.63) is 82.1 Å². The Labute approximate surface area is 243 Å². The van der Waals surface area contributed by atoms with Gasteiger partial charge in [0.2, 0.25) is 15.9 Å². The molecule has 0 amide bonds. The fourth-order valence-corrected chi connectivity index (χ4v) is 6.57. The van der Waals surface area contributed by atoms with E-state index in [1.54, 1.807) is 17.0 Å². The molecule has 0 bridgehead atoms. The fourth-order valence-electron chi connectivity index (χ4n) is 5.75. The second kappa shape index (κ2) is 10.3. The lowest BCUT2D eigenvalue weighted by Gasteiger charge is -2.34. The Bertz CT molecular complexity index is 1790. The van der Waals surface area contributed by atoms with E-state index in [1.165, 1.54) is 22.6 Å². The molecular formula is C29H24F5N3O5S. The van der Waals surface area contributed by atoms with Gasteiger partial charge in [-0.3, -0.25) is 4.79 Å². The van der Waals surface area contributed by atoms with Gasteiger partial charge in [0.25, 0.3) is 0 Å². The molecule has 2 heterocycles. The molecule has 43 heavy (non-hydrogen) atoms. The van der Waals surface area contributed by atoms with Gasteiger partial charge in [-0.2, -0.15) is 17.5 Å². The Morgan fingerprint density at radius 1 is 1.05 bits per heavy atom. The highest BCUT2D eigenvalue weighted by Crippen LogP contribution is 2.59. The highest BCUT2D eigenvalue weighted by molar-refractivity contribution is 7.88. The number of aromatic nitrogens is 1. The van der Waals surface area contributed by atoms with Gasteiger partial charge < -0.3 is 14.7 Å². The van der Waals surface area contributed by atoms with Crippen molar-refractivity contribution in [3.8, 4) is 17.0 Å². The van der Waals surface area contributed by atoms with E-state index in [0.717, 1.165) is 29.5 Å². The average molecular weight is 622 g/mol. The predicted molar refractivity (Wildman–Crippen MR) is 146 cm³/mol. The van der Waals surface area contributed by atoms with Gasteiger partial charge >= 0.3 is 12.1 Å². The average Bonchev–Trinajstić information content (AvgIpc) is 3.53. The standard InChI is InChI=1S/C29H24F5N3O5S/c1-43(40,41)37-6-4-36(5-7-37)17-2-3-18(24(31)11-17)19-9-16(23(30)12-22(19)29(32,33)34)14-42-25-10-15-8-20-26(21(15)13-35-25)27(20)28(38)39/h2-3,8-13,26-27H,4-7,14H2,1H3,(H,38,39). The van der Waals surface area contributed by atoms with Gasteiger partial charge in [-0.05, 0) is 52.6 Å².